The molecule has 25 heavy (non-hydrogen) atoms. The van der Waals surface area contributed by atoms with Crippen LogP contribution in [0.15, 0.2) is 29.6 Å². The number of carbonyl (C=O) groups is 1. The molecule has 2 heterocycles. The lowest BCUT2D eigenvalue weighted by Crippen LogP contribution is -2.34. The molecule has 1 aromatic carbocycles. The van der Waals surface area contributed by atoms with E-state index in [1.165, 1.54) is 16.9 Å². The Morgan fingerprint density at radius 3 is 2.88 bits per heavy atom. The minimum atomic E-state index is -0.211. The number of benzene rings is 1. The molecule has 0 spiro atoms. The molecule has 0 atom stereocenters. The number of aromatic nitrogens is 1. The van der Waals surface area contributed by atoms with Crippen molar-refractivity contribution in [3.05, 3.63) is 45.9 Å². The lowest BCUT2D eigenvalue weighted by molar-refractivity contribution is 0.102. The molecular formula is C18H24N4O2S. The molecule has 0 aliphatic carbocycles. The van der Waals surface area contributed by atoms with E-state index in [0.29, 0.717) is 18.2 Å². The van der Waals surface area contributed by atoms with Gasteiger partial charge in [-0.2, -0.15) is 0 Å². The van der Waals surface area contributed by atoms with Crippen molar-refractivity contribution < 1.29 is 9.90 Å². The second-order valence-electron chi connectivity index (χ2n) is 6.39. The highest BCUT2D eigenvalue weighted by Crippen LogP contribution is 2.20. The Morgan fingerprint density at radius 2 is 2.20 bits per heavy atom. The smallest absolute Gasteiger partial charge is 0.275 e. The summed E-state index contributed by atoms with van der Waals surface area (Å²) in [6.45, 7) is 3.50. The Hall–Kier alpha value is -1.80. The molecule has 1 fully saturated rings. The van der Waals surface area contributed by atoms with Gasteiger partial charge in [0.25, 0.3) is 5.91 Å². The molecule has 1 aromatic heterocycles. The fraction of sp³-hybridized carbons (Fsp3) is 0.444. The van der Waals surface area contributed by atoms with Crippen LogP contribution >= 0.6 is 11.3 Å². The van der Waals surface area contributed by atoms with Crippen LogP contribution in [0.3, 0.4) is 0 Å². The van der Waals surface area contributed by atoms with Crippen molar-refractivity contribution in [3.8, 4) is 0 Å². The van der Waals surface area contributed by atoms with Gasteiger partial charge in [0.1, 0.15) is 10.7 Å². The number of thiazole rings is 1. The number of nitrogens with zero attached hydrogens (tertiary/aromatic N) is 2. The van der Waals surface area contributed by atoms with Crippen molar-refractivity contribution in [1.29, 1.82) is 0 Å². The van der Waals surface area contributed by atoms with Crippen LogP contribution in [0.1, 0.15) is 33.9 Å². The van der Waals surface area contributed by atoms with Gasteiger partial charge in [0.05, 0.1) is 0 Å². The summed E-state index contributed by atoms with van der Waals surface area (Å²) in [5.74, 6) is 0.232. The van der Waals surface area contributed by atoms with E-state index in [1.54, 1.807) is 5.38 Å². The molecular weight excluding hydrogens is 336 g/mol. The van der Waals surface area contributed by atoms with Gasteiger partial charge in [-0.25, -0.2) is 4.98 Å². The quantitative estimate of drug-likeness (QED) is 0.733. The minimum absolute atomic E-state index is 0.211. The maximum absolute atomic E-state index is 12.3. The highest BCUT2D eigenvalue weighted by Gasteiger charge is 2.18. The predicted octanol–water partition coefficient (Wildman–Crippen LogP) is 2.06. The molecule has 7 heteroatoms. The van der Waals surface area contributed by atoms with Gasteiger partial charge in [-0.05, 0) is 49.5 Å². The molecule has 1 aliphatic rings. The highest BCUT2D eigenvalue weighted by molar-refractivity contribution is 7.09. The molecule has 6 nitrogen and oxygen atoms in total. The number of amides is 1. The topological polar surface area (TPSA) is 91.5 Å². The third-order valence-corrected chi connectivity index (χ3v) is 5.39. The van der Waals surface area contributed by atoms with Gasteiger partial charge >= 0.3 is 0 Å². The predicted molar refractivity (Wildman–Crippen MR) is 99.5 cm³/mol. The molecule has 1 aliphatic heterocycles. The second kappa shape index (κ2) is 8.53. The molecule has 0 saturated carbocycles. The Balaban J connectivity index is 1.58. The summed E-state index contributed by atoms with van der Waals surface area (Å²) in [6, 6.07) is 7.92. The zero-order chi connectivity index (χ0) is 17.6. The van der Waals surface area contributed by atoms with Gasteiger partial charge in [0.15, 0.2) is 0 Å². The van der Waals surface area contributed by atoms with Crippen LogP contribution in [0.5, 0.6) is 0 Å². The standard InChI is InChI=1S/C18H24N4O2S/c19-9-17-21-16(12-25-17)18(24)20-15-3-1-2-14(8-15)10-22-6-4-13(11-23)5-7-22/h1-3,8,12-13,23H,4-7,9-11,19H2,(H,20,24). The molecule has 1 amide bonds. The second-order valence-corrected chi connectivity index (χ2v) is 7.33. The van der Waals surface area contributed by atoms with Gasteiger partial charge in [-0.15, -0.1) is 11.3 Å². The third kappa shape index (κ3) is 4.85. The van der Waals surface area contributed by atoms with Gasteiger partial charge < -0.3 is 16.2 Å². The lowest BCUT2D eigenvalue weighted by Gasteiger charge is -2.31. The van der Waals surface area contributed by atoms with E-state index in [4.69, 9.17) is 5.73 Å². The first kappa shape index (κ1) is 18.0. The SMILES string of the molecule is NCc1nc(C(=O)Nc2cccc(CN3CCC(CO)CC3)c2)cs1. The average Bonchev–Trinajstić information content (AvgIpc) is 3.12. The lowest BCUT2D eigenvalue weighted by atomic mass is 9.97. The van der Waals surface area contributed by atoms with Crippen molar-refractivity contribution in [2.24, 2.45) is 11.7 Å². The summed E-state index contributed by atoms with van der Waals surface area (Å²) in [5, 5.41) is 14.6. The number of hydrogen-bond donors (Lipinski definition) is 3. The molecule has 4 N–H and O–H groups in total. The fourth-order valence-electron chi connectivity index (χ4n) is 3.04. The first-order valence-electron chi connectivity index (χ1n) is 8.56. The molecule has 134 valence electrons. The third-order valence-electron chi connectivity index (χ3n) is 4.52. The van der Waals surface area contributed by atoms with E-state index in [2.05, 4.69) is 21.3 Å². The zero-order valence-corrected chi connectivity index (χ0v) is 15.0. The summed E-state index contributed by atoms with van der Waals surface area (Å²) in [7, 11) is 0. The van der Waals surface area contributed by atoms with Crippen LogP contribution in [-0.2, 0) is 13.1 Å². The Kier molecular flexibility index (Phi) is 6.14. The number of carbonyl (C=O) groups excluding carboxylic acids is 1. The first-order chi connectivity index (χ1) is 12.2. The Labute approximate surface area is 151 Å². The van der Waals surface area contributed by atoms with Crippen molar-refractivity contribution in [2.75, 3.05) is 25.0 Å². The van der Waals surface area contributed by atoms with Crippen molar-refractivity contribution in [1.82, 2.24) is 9.88 Å². The van der Waals surface area contributed by atoms with Crippen LogP contribution in [0.25, 0.3) is 0 Å². The van der Waals surface area contributed by atoms with Gasteiger partial charge in [0.2, 0.25) is 0 Å². The Bertz CT molecular complexity index is 711. The van der Waals surface area contributed by atoms with Crippen LogP contribution in [0.2, 0.25) is 0 Å². The van der Waals surface area contributed by atoms with Crippen LogP contribution < -0.4 is 11.1 Å². The number of aliphatic hydroxyl groups is 1. The number of likely N-dealkylation sites (tertiary alicyclic amines) is 1. The van der Waals surface area contributed by atoms with Crippen LogP contribution in [0, 0.1) is 5.92 Å². The zero-order valence-electron chi connectivity index (χ0n) is 14.1. The number of nitrogens with two attached hydrogens (primary N) is 1. The number of aliphatic hydroxyl groups excluding tert-OH is 1. The molecule has 0 bridgehead atoms. The van der Waals surface area contributed by atoms with E-state index < -0.39 is 0 Å². The average molecular weight is 360 g/mol. The van der Waals surface area contributed by atoms with Crippen molar-refractivity contribution in [2.45, 2.75) is 25.9 Å². The normalized spacial score (nSPS) is 16.1. The maximum Gasteiger partial charge on any atom is 0.275 e. The number of hydrogen-bond acceptors (Lipinski definition) is 6. The van der Waals surface area contributed by atoms with E-state index in [1.807, 2.05) is 18.2 Å². The highest BCUT2D eigenvalue weighted by atomic mass is 32.1. The fourth-order valence-corrected chi connectivity index (χ4v) is 3.69. The summed E-state index contributed by atoms with van der Waals surface area (Å²) in [6.07, 6.45) is 2.08. The van der Waals surface area contributed by atoms with E-state index >= 15 is 0 Å². The van der Waals surface area contributed by atoms with Crippen molar-refractivity contribution >= 4 is 22.9 Å². The van der Waals surface area contributed by atoms with Gasteiger partial charge in [-0.3, -0.25) is 9.69 Å². The van der Waals surface area contributed by atoms with Crippen LogP contribution in [0.4, 0.5) is 5.69 Å². The number of anilines is 1. The molecule has 0 unspecified atom stereocenters. The van der Waals surface area contributed by atoms with Crippen molar-refractivity contribution in [3.63, 3.8) is 0 Å². The molecule has 1 saturated heterocycles. The summed E-state index contributed by atoms with van der Waals surface area (Å²) < 4.78 is 0. The summed E-state index contributed by atoms with van der Waals surface area (Å²) in [5.41, 5.74) is 7.89. The largest absolute Gasteiger partial charge is 0.396 e. The number of piperidine rings is 1. The molecule has 0 radical (unpaired) electrons. The summed E-state index contributed by atoms with van der Waals surface area (Å²) >= 11 is 1.40. The van der Waals surface area contributed by atoms with Gasteiger partial charge in [-0.1, -0.05) is 12.1 Å². The molecule has 2 aromatic rings. The number of nitrogens with one attached hydrogen (secondary N) is 1. The Morgan fingerprint density at radius 1 is 1.40 bits per heavy atom. The van der Waals surface area contributed by atoms with E-state index in [9.17, 15) is 9.90 Å². The summed E-state index contributed by atoms with van der Waals surface area (Å²) in [4.78, 5) is 18.9. The monoisotopic (exact) mass is 360 g/mol. The van der Waals surface area contributed by atoms with Crippen LogP contribution in [-0.4, -0.2) is 40.6 Å². The van der Waals surface area contributed by atoms with Gasteiger partial charge in [0, 0.05) is 30.8 Å². The van der Waals surface area contributed by atoms with E-state index in [-0.39, 0.29) is 12.5 Å². The minimum Gasteiger partial charge on any atom is -0.396 e. The molecule has 3 rings (SSSR count). The van der Waals surface area contributed by atoms with E-state index in [0.717, 1.165) is 43.2 Å². The maximum atomic E-state index is 12.3. The number of rotatable bonds is 6. The first-order valence-corrected chi connectivity index (χ1v) is 9.44.